The van der Waals surface area contributed by atoms with Crippen LogP contribution in [0, 0.1) is 0 Å². The maximum Gasteiger partial charge on any atom is 0.0543 e. The van der Waals surface area contributed by atoms with E-state index in [0.717, 1.165) is 6.54 Å². The molecule has 20 heavy (non-hydrogen) atoms. The quantitative estimate of drug-likeness (QED) is 0.894. The van der Waals surface area contributed by atoms with E-state index in [4.69, 9.17) is 0 Å². The number of nitrogens with zero attached hydrogens (tertiary/aromatic N) is 2. The molecule has 1 heterocycles. The van der Waals surface area contributed by atoms with Crippen LogP contribution in [-0.2, 0) is 12.1 Å². The molecule has 0 bridgehead atoms. The van der Waals surface area contributed by atoms with Crippen molar-refractivity contribution in [2.75, 3.05) is 5.32 Å². The van der Waals surface area contributed by atoms with Crippen LogP contribution in [0.1, 0.15) is 51.7 Å². The maximum absolute atomic E-state index is 4.43. The number of hydrogen-bond donors (Lipinski definition) is 1. The molecule has 0 radical (unpaired) electrons. The van der Waals surface area contributed by atoms with E-state index in [1.54, 1.807) is 0 Å². The molecule has 2 aromatic rings. The van der Waals surface area contributed by atoms with Gasteiger partial charge in [0, 0.05) is 24.0 Å². The first-order valence-corrected chi connectivity index (χ1v) is 7.25. The summed E-state index contributed by atoms with van der Waals surface area (Å²) in [5.74, 6) is 0.524. The number of nitrogens with one attached hydrogen (secondary N) is 1. The Hall–Kier alpha value is -1.77. The Morgan fingerprint density at radius 3 is 2.50 bits per heavy atom. The van der Waals surface area contributed by atoms with Crippen molar-refractivity contribution in [1.82, 2.24) is 9.78 Å². The highest BCUT2D eigenvalue weighted by molar-refractivity contribution is 5.52. The smallest absolute Gasteiger partial charge is 0.0543 e. The lowest BCUT2D eigenvalue weighted by Crippen LogP contribution is -2.22. The molecule has 0 unspecified atom stereocenters. The first kappa shape index (κ1) is 14.6. The highest BCUT2D eigenvalue weighted by Crippen LogP contribution is 2.24. The molecule has 1 aromatic heterocycles. The van der Waals surface area contributed by atoms with E-state index in [9.17, 15) is 0 Å². The molecular formula is C17H25N3. The van der Waals surface area contributed by atoms with Crippen LogP contribution in [0.2, 0.25) is 0 Å². The summed E-state index contributed by atoms with van der Waals surface area (Å²) in [4.78, 5) is 0. The predicted octanol–water partition coefficient (Wildman–Crippen LogP) is 4.37. The van der Waals surface area contributed by atoms with Crippen LogP contribution in [0.5, 0.6) is 0 Å². The summed E-state index contributed by atoms with van der Waals surface area (Å²) in [5.41, 5.74) is 3.81. The van der Waals surface area contributed by atoms with Crippen LogP contribution in [0.15, 0.2) is 36.7 Å². The fourth-order valence-corrected chi connectivity index (χ4v) is 2.18. The summed E-state index contributed by atoms with van der Waals surface area (Å²) in [7, 11) is 0. The van der Waals surface area contributed by atoms with Crippen molar-refractivity contribution in [2.45, 2.75) is 52.6 Å². The Kier molecular flexibility index (Phi) is 4.17. The molecule has 3 heteroatoms. The van der Waals surface area contributed by atoms with Crippen molar-refractivity contribution in [1.29, 1.82) is 0 Å². The monoisotopic (exact) mass is 271 g/mol. The molecule has 0 fully saturated rings. The van der Waals surface area contributed by atoms with E-state index in [1.807, 2.05) is 10.9 Å². The predicted molar refractivity (Wildman–Crippen MR) is 85.1 cm³/mol. The molecule has 1 aromatic carbocycles. The average molecular weight is 271 g/mol. The Balaban J connectivity index is 2.08. The minimum Gasteiger partial charge on any atom is -0.381 e. The maximum atomic E-state index is 4.43. The van der Waals surface area contributed by atoms with Crippen molar-refractivity contribution in [3.05, 3.63) is 47.8 Å². The lowest BCUT2D eigenvalue weighted by molar-refractivity contribution is 0.355. The van der Waals surface area contributed by atoms with Crippen LogP contribution in [0.3, 0.4) is 0 Å². The molecule has 1 N–H and O–H groups in total. The fraction of sp³-hybridized carbons (Fsp3) is 0.471. The van der Waals surface area contributed by atoms with E-state index in [2.05, 4.69) is 75.5 Å². The van der Waals surface area contributed by atoms with Gasteiger partial charge in [0.2, 0.25) is 0 Å². The van der Waals surface area contributed by atoms with Gasteiger partial charge >= 0.3 is 0 Å². The van der Waals surface area contributed by atoms with Gasteiger partial charge in [-0.2, -0.15) is 5.10 Å². The summed E-state index contributed by atoms with van der Waals surface area (Å²) >= 11 is 0. The molecule has 0 amide bonds. The van der Waals surface area contributed by atoms with Crippen molar-refractivity contribution >= 4 is 5.69 Å². The Labute approximate surface area is 122 Å². The van der Waals surface area contributed by atoms with Gasteiger partial charge in [0.15, 0.2) is 0 Å². The van der Waals surface area contributed by atoms with E-state index >= 15 is 0 Å². The van der Waals surface area contributed by atoms with Crippen molar-refractivity contribution in [3.63, 3.8) is 0 Å². The van der Waals surface area contributed by atoms with E-state index in [-0.39, 0.29) is 5.54 Å². The molecule has 2 rings (SSSR count). The van der Waals surface area contributed by atoms with Gasteiger partial charge in [0.1, 0.15) is 0 Å². The number of anilines is 1. The van der Waals surface area contributed by atoms with Crippen molar-refractivity contribution in [3.8, 4) is 0 Å². The molecule has 0 saturated carbocycles. The van der Waals surface area contributed by atoms with Gasteiger partial charge in [-0.3, -0.25) is 4.68 Å². The van der Waals surface area contributed by atoms with Crippen LogP contribution in [-0.4, -0.2) is 9.78 Å². The summed E-state index contributed by atoms with van der Waals surface area (Å²) in [6, 6.07) is 8.50. The van der Waals surface area contributed by atoms with Crippen LogP contribution in [0.25, 0.3) is 0 Å². The Bertz CT molecular complexity index is 562. The second-order valence-corrected chi connectivity index (χ2v) is 6.56. The number of para-hydroxylation sites is 1. The first-order chi connectivity index (χ1) is 9.38. The van der Waals surface area contributed by atoms with Crippen LogP contribution in [0.4, 0.5) is 5.69 Å². The normalized spacial score (nSPS) is 11.9. The summed E-state index contributed by atoms with van der Waals surface area (Å²) < 4.78 is 2.01. The topological polar surface area (TPSA) is 29.9 Å². The number of aromatic nitrogens is 2. The van der Waals surface area contributed by atoms with Gasteiger partial charge in [-0.25, -0.2) is 0 Å². The lowest BCUT2D eigenvalue weighted by atomic mass is 10.0. The second kappa shape index (κ2) is 5.70. The van der Waals surface area contributed by atoms with E-state index in [1.165, 1.54) is 16.8 Å². The zero-order valence-corrected chi connectivity index (χ0v) is 13.1. The van der Waals surface area contributed by atoms with Crippen LogP contribution < -0.4 is 5.32 Å². The van der Waals surface area contributed by atoms with Gasteiger partial charge in [-0.05, 0) is 38.3 Å². The SMILES string of the molecule is CC(C)c1ccccc1NCc1cnn(C(C)(C)C)c1. The zero-order valence-electron chi connectivity index (χ0n) is 13.1. The fourth-order valence-electron chi connectivity index (χ4n) is 2.18. The highest BCUT2D eigenvalue weighted by atomic mass is 15.3. The standard InChI is InChI=1S/C17H25N3/c1-13(2)15-8-6-7-9-16(15)18-10-14-11-19-20(12-14)17(3,4)5/h6-9,11-13,18H,10H2,1-5H3. The Morgan fingerprint density at radius 2 is 1.90 bits per heavy atom. The van der Waals surface area contributed by atoms with Gasteiger partial charge in [0.05, 0.1) is 11.7 Å². The average Bonchev–Trinajstić information content (AvgIpc) is 2.85. The molecule has 3 nitrogen and oxygen atoms in total. The first-order valence-electron chi connectivity index (χ1n) is 7.25. The summed E-state index contributed by atoms with van der Waals surface area (Å²) in [6.07, 6.45) is 4.06. The molecule has 0 spiro atoms. The summed E-state index contributed by atoms with van der Waals surface area (Å²) in [6.45, 7) is 11.7. The number of hydrogen-bond acceptors (Lipinski definition) is 2. The molecular weight excluding hydrogens is 246 g/mol. The minimum atomic E-state index is 0.0358. The molecule has 0 atom stereocenters. The van der Waals surface area contributed by atoms with E-state index in [0.29, 0.717) is 5.92 Å². The van der Waals surface area contributed by atoms with Crippen molar-refractivity contribution in [2.24, 2.45) is 0 Å². The minimum absolute atomic E-state index is 0.0358. The van der Waals surface area contributed by atoms with Gasteiger partial charge in [0.25, 0.3) is 0 Å². The Morgan fingerprint density at radius 1 is 1.20 bits per heavy atom. The molecule has 108 valence electrons. The number of benzene rings is 1. The molecule has 0 aliphatic rings. The highest BCUT2D eigenvalue weighted by Gasteiger charge is 2.14. The van der Waals surface area contributed by atoms with Gasteiger partial charge in [-0.1, -0.05) is 32.0 Å². The van der Waals surface area contributed by atoms with Gasteiger partial charge in [-0.15, -0.1) is 0 Å². The van der Waals surface area contributed by atoms with E-state index < -0.39 is 0 Å². The third-order valence-corrected chi connectivity index (χ3v) is 3.39. The third-order valence-electron chi connectivity index (χ3n) is 3.39. The van der Waals surface area contributed by atoms with Gasteiger partial charge < -0.3 is 5.32 Å². The second-order valence-electron chi connectivity index (χ2n) is 6.56. The van der Waals surface area contributed by atoms with Crippen LogP contribution >= 0.6 is 0 Å². The zero-order chi connectivity index (χ0) is 14.8. The largest absolute Gasteiger partial charge is 0.381 e. The van der Waals surface area contributed by atoms with Crippen molar-refractivity contribution < 1.29 is 0 Å². The molecule has 0 saturated heterocycles. The summed E-state index contributed by atoms with van der Waals surface area (Å²) in [5, 5.41) is 7.96. The molecule has 0 aliphatic heterocycles. The molecule has 0 aliphatic carbocycles. The third kappa shape index (κ3) is 3.41. The number of rotatable bonds is 4. The lowest BCUT2D eigenvalue weighted by Gasteiger charge is -2.18.